The van der Waals surface area contributed by atoms with Crippen LogP contribution in [0.3, 0.4) is 0 Å². The first-order chi connectivity index (χ1) is 5.47. The van der Waals surface area contributed by atoms with Crippen LogP contribution < -0.4 is 29.6 Å². The van der Waals surface area contributed by atoms with Gasteiger partial charge in [0.2, 0.25) is 0 Å². The molecule has 0 unspecified atom stereocenters. The molecule has 6 heteroatoms. The maximum atomic E-state index is 10.3. The van der Waals surface area contributed by atoms with Crippen molar-refractivity contribution in [1.29, 1.82) is 0 Å². The summed E-state index contributed by atoms with van der Waals surface area (Å²) >= 11 is 2.11. The zero-order chi connectivity index (χ0) is 9.19. The van der Waals surface area contributed by atoms with Crippen LogP contribution in [-0.2, 0) is 15.9 Å². The number of benzene rings is 1. The van der Waals surface area contributed by atoms with Gasteiger partial charge in [0.15, 0.2) is 0 Å². The van der Waals surface area contributed by atoms with E-state index in [-0.39, 0.29) is 29.6 Å². The fourth-order valence-electron chi connectivity index (χ4n) is 0.785. The second-order valence-electron chi connectivity index (χ2n) is 2.33. The molecular weight excluding hydrogens is 314 g/mol. The first-order valence-electron chi connectivity index (χ1n) is 3.15. The average molecular weight is 320 g/mol. The van der Waals surface area contributed by atoms with Gasteiger partial charge < -0.3 is 4.55 Å². The van der Waals surface area contributed by atoms with Crippen LogP contribution in [0.2, 0.25) is 0 Å². The van der Waals surface area contributed by atoms with E-state index in [1.165, 1.54) is 0 Å². The van der Waals surface area contributed by atoms with Crippen LogP contribution >= 0.6 is 22.6 Å². The third kappa shape index (κ3) is 6.03. The minimum Gasteiger partial charge on any atom is -0.748 e. The van der Waals surface area contributed by atoms with Crippen LogP contribution in [-0.4, -0.2) is 13.0 Å². The normalized spacial score (nSPS) is 10.6. The Morgan fingerprint density at radius 3 is 2.08 bits per heavy atom. The molecule has 0 aliphatic rings. The van der Waals surface area contributed by atoms with E-state index >= 15 is 0 Å². The molecule has 0 aliphatic heterocycles. The summed E-state index contributed by atoms with van der Waals surface area (Å²) < 4.78 is 32.0. The molecule has 13 heavy (non-hydrogen) atoms. The van der Waals surface area contributed by atoms with Gasteiger partial charge in [-0.2, -0.15) is 0 Å². The van der Waals surface area contributed by atoms with Gasteiger partial charge in [-0.25, -0.2) is 8.42 Å². The first-order valence-corrected chi connectivity index (χ1v) is 5.81. The molecule has 0 saturated heterocycles. The molecule has 1 aromatic carbocycles. The van der Waals surface area contributed by atoms with Crippen molar-refractivity contribution in [3.05, 3.63) is 33.4 Å². The molecule has 0 fully saturated rings. The molecule has 0 heterocycles. The number of hydrogen-bond donors (Lipinski definition) is 0. The molecule has 0 saturated carbocycles. The van der Waals surface area contributed by atoms with Crippen molar-refractivity contribution in [1.82, 2.24) is 0 Å². The summed E-state index contributed by atoms with van der Waals surface area (Å²) in [6, 6.07) is 6.80. The van der Waals surface area contributed by atoms with E-state index in [0.717, 1.165) is 3.57 Å². The van der Waals surface area contributed by atoms with Gasteiger partial charge in [0, 0.05) is 3.57 Å². The largest absolute Gasteiger partial charge is 1.00 e. The maximum absolute atomic E-state index is 10.3. The average Bonchev–Trinajstić information content (AvgIpc) is 1.91. The molecule has 0 spiro atoms. The van der Waals surface area contributed by atoms with Crippen LogP contribution in [0.4, 0.5) is 0 Å². The van der Waals surface area contributed by atoms with E-state index in [4.69, 9.17) is 0 Å². The number of hydrogen-bond acceptors (Lipinski definition) is 3. The Morgan fingerprint density at radius 1 is 1.23 bits per heavy atom. The van der Waals surface area contributed by atoms with E-state index in [9.17, 15) is 13.0 Å². The molecule has 0 aliphatic carbocycles. The zero-order valence-electron chi connectivity index (χ0n) is 7.03. The van der Waals surface area contributed by atoms with E-state index in [2.05, 4.69) is 22.6 Å². The quantitative estimate of drug-likeness (QED) is 0.372. The summed E-state index contributed by atoms with van der Waals surface area (Å²) in [5.41, 5.74) is 0.533. The third-order valence-corrected chi connectivity index (χ3v) is 2.66. The molecule has 1 aromatic rings. The predicted molar refractivity (Wildman–Crippen MR) is 52.6 cm³/mol. The molecule has 3 nitrogen and oxygen atoms in total. The number of halogens is 1. The first kappa shape index (κ1) is 13.9. The van der Waals surface area contributed by atoms with Crippen LogP contribution in [0, 0.1) is 3.57 Å². The monoisotopic (exact) mass is 320 g/mol. The van der Waals surface area contributed by atoms with Crippen molar-refractivity contribution in [2.45, 2.75) is 5.75 Å². The second-order valence-corrected chi connectivity index (χ2v) is 4.98. The van der Waals surface area contributed by atoms with Gasteiger partial charge in [-0.05, 0) is 40.3 Å². The summed E-state index contributed by atoms with van der Waals surface area (Å²) in [7, 11) is -4.14. The fourth-order valence-corrected chi connectivity index (χ4v) is 1.75. The van der Waals surface area contributed by atoms with E-state index in [0.29, 0.717) is 5.56 Å². The van der Waals surface area contributed by atoms with Crippen molar-refractivity contribution < 1.29 is 42.5 Å². The summed E-state index contributed by atoms with van der Waals surface area (Å²) in [5, 5.41) is 0. The van der Waals surface area contributed by atoms with Gasteiger partial charge in [-0.3, -0.25) is 0 Å². The molecule has 0 amide bonds. The van der Waals surface area contributed by atoms with Gasteiger partial charge in [-0.15, -0.1) is 0 Å². The van der Waals surface area contributed by atoms with Crippen LogP contribution in [0.25, 0.3) is 0 Å². The summed E-state index contributed by atoms with van der Waals surface area (Å²) in [4.78, 5) is 0. The maximum Gasteiger partial charge on any atom is 1.00 e. The Labute approximate surface area is 113 Å². The van der Waals surface area contributed by atoms with Gasteiger partial charge in [0.25, 0.3) is 0 Å². The second kappa shape index (κ2) is 5.67. The van der Waals surface area contributed by atoms with Crippen molar-refractivity contribution in [2.24, 2.45) is 0 Å². The fraction of sp³-hybridized carbons (Fsp3) is 0.143. The van der Waals surface area contributed by atoms with Crippen LogP contribution in [0.15, 0.2) is 24.3 Å². The van der Waals surface area contributed by atoms with Crippen molar-refractivity contribution in [2.75, 3.05) is 0 Å². The molecule has 0 N–H and O–H groups in total. The summed E-state index contributed by atoms with van der Waals surface area (Å²) in [6.45, 7) is 0. The van der Waals surface area contributed by atoms with E-state index in [1.807, 2.05) is 0 Å². The third-order valence-electron chi connectivity index (χ3n) is 1.26. The topological polar surface area (TPSA) is 57.2 Å². The minimum absolute atomic E-state index is 0. The summed E-state index contributed by atoms with van der Waals surface area (Å²) in [5.74, 6) is -0.427. The molecule has 0 aromatic heterocycles. The van der Waals surface area contributed by atoms with Gasteiger partial charge in [0.1, 0.15) is 0 Å². The molecule has 0 radical (unpaired) electrons. The Balaban J connectivity index is 0.00000144. The van der Waals surface area contributed by atoms with Gasteiger partial charge in [0.05, 0.1) is 15.9 Å². The zero-order valence-corrected chi connectivity index (χ0v) is 12.0. The van der Waals surface area contributed by atoms with E-state index in [1.54, 1.807) is 24.3 Å². The number of rotatable bonds is 2. The Hall–Kier alpha value is 0.860. The SMILES string of the molecule is O=S(=O)([O-])Cc1ccc(I)cc1.[Na+]. The van der Waals surface area contributed by atoms with Gasteiger partial charge >= 0.3 is 29.6 Å². The van der Waals surface area contributed by atoms with E-state index < -0.39 is 15.9 Å². The Kier molecular flexibility index (Phi) is 6.05. The predicted octanol–water partition coefficient (Wildman–Crippen LogP) is -1.66. The van der Waals surface area contributed by atoms with Crippen LogP contribution in [0.1, 0.15) is 5.56 Å². The summed E-state index contributed by atoms with van der Waals surface area (Å²) in [6.07, 6.45) is 0. The molecule has 0 atom stereocenters. The molecule has 1 rings (SSSR count). The van der Waals surface area contributed by atoms with Crippen molar-refractivity contribution in [3.8, 4) is 0 Å². The van der Waals surface area contributed by atoms with Crippen LogP contribution in [0.5, 0.6) is 0 Å². The van der Waals surface area contributed by atoms with Crippen molar-refractivity contribution >= 4 is 32.7 Å². The van der Waals surface area contributed by atoms with Gasteiger partial charge in [-0.1, -0.05) is 12.1 Å². The smallest absolute Gasteiger partial charge is 0.748 e. The Morgan fingerprint density at radius 2 is 1.69 bits per heavy atom. The molecule has 66 valence electrons. The molecular formula is C7H6INaO3S. The molecule has 0 bridgehead atoms. The Bertz CT molecular complexity index is 360. The standard InChI is InChI=1S/C7H7IO3S.Na/c8-7-3-1-6(2-4-7)5-12(9,10)11;/h1-4H,5H2,(H,9,10,11);/q;+1/p-1. The minimum atomic E-state index is -4.14. The van der Waals surface area contributed by atoms with Crippen molar-refractivity contribution in [3.63, 3.8) is 0 Å².